The van der Waals surface area contributed by atoms with Crippen LogP contribution in [0.3, 0.4) is 0 Å². The van der Waals surface area contributed by atoms with Gasteiger partial charge in [0.1, 0.15) is 19.2 Å². The number of halogens is 2. The third-order valence-corrected chi connectivity index (χ3v) is 10.1. The van der Waals surface area contributed by atoms with Gasteiger partial charge >= 0.3 is 0 Å². The summed E-state index contributed by atoms with van der Waals surface area (Å²) in [6.45, 7) is 6.82. The Morgan fingerprint density at radius 1 is 1.23 bits per heavy atom. The lowest BCUT2D eigenvalue weighted by molar-refractivity contribution is 0.0214. The average Bonchev–Trinajstić information content (AvgIpc) is 3.17. The molecule has 0 bridgehead atoms. The number of aromatic nitrogens is 2. The number of anilines is 2. The molecule has 1 heterocycles. The lowest BCUT2D eigenvalue weighted by Gasteiger charge is -2.45. The molecule has 3 rings (SSSR count). The summed E-state index contributed by atoms with van der Waals surface area (Å²) in [5.74, 6) is -2.18. The van der Waals surface area contributed by atoms with E-state index in [4.69, 9.17) is 16.9 Å². The van der Waals surface area contributed by atoms with Crippen molar-refractivity contribution in [3.8, 4) is 0 Å². The maximum absolute atomic E-state index is 15.4. The number of benzene rings is 2. The van der Waals surface area contributed by atoms with Crippen molar-refractivity contribution >= 4 is 51.9 Å². The van der Waals surface area contributed by atoms with Gasteiger partial charge in [-0.2, -0.15) is 0 Å². The molecule has 0 unspecified atom stereocenters. The molecular formula is C24H31BF2N4O3S. The second kappa shape index (κ2) is 10.6. The molecule has 1 aromatic heterocycles. The van der Waals surface area contributed by atoms with E-state index in [-0.39, 0.29) is 45.9 Å². The number of carbonyl (C=O) groups excluding carboxylic acids is 1. The predicted octanol–water partition coefficient (Wildman–Crippen LogP) is 4.23. The minimum atomic E-state index is -1.35. The van der Waals surface area contributed by atoms with Crippen LogP contribution in [0.2, 0.25) is 0 Å². The minimum Gasteiger partial charge on any atom is -0.350 e. The van der Waals surface area contributed by atoms with E-state index < -0.39 is 27.9 Å². The van der Waals surface area contributed by atoms with E-state index in [1.54, 1.807) is 11.6 Å². The zero-order valence-electron chi connectivity index (χ0n) is 20.9. The molecule has 2 aromatic carbocycles. The molecule has 3 aromatic rings. The summed E-state index contributed by atoms with van der Waals surface area (Å²) in [6, 6.07) is 5.40. The van der Waals surface area contributed by atoms with Gasteiger partial charge in [0.05, 0.1) is 42.0 Å². The third kappa shape index (κ3) is 5.79. The molecule has 2 radical (unpaired) electrons. The minimum absolute atomic E-state index is 0.0320. The molecule has 0 saturated carbocycles. The third-order valence-electron chi connectivity index (χ3n) is 6.37. The van der Waals surface area contributed by atoms with Crippen LogP contribution in [-0.2, 0) is 16.1 Å². The molecule has 35 heavy (non-hydrogen) atoms. The van der Waals surface area contributed by atoms with Gasteiger partial charge in [-0.1, -0.05) is 32.3 Å². The first-order valence-electron chi connectivity index (χ1n) is 11.1. The number of hydrogen-bond donors (Lipinski definition) is 2. The molecule has 7 nitrogen and oxygen atoms in total. The van der Waals surface area contributed by atoms with Crippen molar-refractivity contribution in [3.63, 3.8) is 0 Å². The van der Waals surface area contributed by atoms with E-state index in [9.17, 15) is 9.18 Å². The lowest BCUT2D eigenvalue weighted by Crippen LogP contribution is -2.30. The van der Waals surface area contributed by atoms with E-state index in [1.165, 1.54) is 24.5 Å². The van der Waals surface area contributed by atoms with Crippen LogP contribution in [0.1, 0.15) is 37.6 Å². The van der Waals surface area contributed by atoms with Gasteiger partial charge in [0.25, 0.3) is 5.91 Å². The van der Waals surface area contributed by atoms with Crippen LogP contribution in [0.4, 0.5) is 20.2 Å². The SMILES string of the molecule is [B]c1ccc(Nc2c(C(=O)NOCCOS(C)(C)C(C)(C)CC)cc3c(ncn3C)c2F)c(F)c1. The summed E-state index contributed by atoms with van der Waals surface area (Å²) < 4.78 is 37.5. The van der Waals surface area contributed by atoms with Crippen LogP contribution >= 0.6 is 10.3 Å². The van der Waals surface area contributed by atoms with Gasteiger partial charge in [-0.15, -0.1) is 10.3 Å². The van der Waals surface area contributed by atoms with Crippen molar-refractivity contribution in [3.05, 3.63) is 47.8 Å². The monoisotopic (exact) mass is 504 g/mol. The van der Waals surface area contributed by atoms with E-state index in [0.29, 0.717) is 5.52 Å². The van der Waals surface area contributed by atoms with Gasteiger partial charge in [-0.3, -0.25) is 9.63 Å². The Balaban J connectivity index is 1.78. The van der Waals surface area contributed by atoms with Crippen molar-refractivity contribution in [1.82, 2.24) is 15.0 Å². The number of carbonyl (C=O) groups is 1. The molecule has 1 amide bonds. The number of nitrogens with one attached hydrogen (secondary N) is 2. The molecule has 0 saturated heterocycles. The van der Waals surface area contributed by atoms with E-state index in [0.717, 1.165) is 12.5 Å². The van der Waals surface area contributed by atoms with Crippen LogP contribution in [0.5, 0.6) is 0 Å². The van der Waals surface area contributed by atoms with Gasteiger partial charge in [-0.25, -0.2) is 19.2 Å². The summed E-state index contributed by atoms with van der Waals surface area (Å²) in [7, 11) is 5.93. The Kier molecular flexibility index (Phi) is 8.13. The zero-order chi connectivity index (χ0) is 26.0. The molecule has 11 heteroatoms. The second-order valence-corrected chi connectivity index (χ2v) is 13.0. The van der Waals surface area contributed by atoms with E-state index >= 15 is 4.39 Å². The van der Waals surface area contributed by atoms with Crippen LogP contribution in [0.15, 0.2) is 30.6 Å². The molecule has 0 aliphatic rings. The van der Waals surface area contributed by atoms with Gasteiger partial charge < -0.3 is 14.1 Å². The first-order chi connectivity index (χ1) is 16.4. The average molecular weight is 504 g/mol. The fourth-order valence-electron chi connectivity index (χ4n) is 3.26. The summed E-state index contributed by atoms with van der Waals surface area (Å²) in [5.41, 5.74) is 2.64. The zero-order valence-corrected chi connectivity index (χ0v) is 21.7. The fraction of sp³-hybridized carbons (Fsp3) is 0.417. The summed E-state index contributed by atoms with van der Waals surface area (Å²) in [5, 5.41) is 2.67. The number of hydrogen-bond acceptors (Lipinski definition) is 5. The van der Waals surface area contributed by atoms with E-state index in [2.05, 4.69) is 49.1 Å². The molecule has 0 atom stereocenters. The first kappa shape index (κ1) is 27.0. The number of nitrogens with zero attached hydrogens (tertiary/aromatic N) is 2. The topological polar surface area (TPSA) is 77.4 Å². The number of hydroxylamine groups is 1. The van der Waals surface area contributed by atoms with Crippen molar-refractivity contribution in [2.24, 2.45) is 7.05 Å². The highest BCUT2D eigenvalue weighted by Gasteiger charge is 2.31. The number of fused-ring (bicyclic) bond motifs is 1. The van der Waals surface area contributed by atoms with Crippen LogP contribution < -0.4 is 16.3 Å². The molecule has 0 fully saturated rings. The standard InChI is InChI=1S/C24H31BF2N4O3S/c1-7-24(2,3)35(5,6)34-11-10-33-30-23(32)16-13-19-22(28-14-31(19)4)20(27)21(16)29-18-9-8-15(25)12-17(18)26/h8-9,12-14,29H,7,10-11H2,1-6H3,(H,30,32). The van der Waals surface area contributed by atoms with Crippen LogP contribution in [0.25, 0.3) is 11.0 Å². The number of amides is 1. The quantitative estimate of drug-likeness (QED) is 0.246. The van der Waals surface area contributed by atoms with E-state index in [1.807, 2.05) is 0 Å². The lowest BCUT2D eigenvalue weighted by atomic mass is 9.96. The first-order valence-corrected chi connectivity index (χ1v) is 13.5. The summed E-state index contributed by atoms with van der Waals surface area (Å²) >= 11 is 0. The van der Waals surface area contributed by atoms with Crippen molar-refractivity contribution in [1.29, 1.82) is 0 Å². The maximum atomic E-state index is 15.4. The summed E-state index contributed by atoms with van der Waals surface area (Å²) in [4.78, 5) is 22.3. The molecule has 0 spiro atoms. The normalized spacial score (nSPS) is 12.7. The maximum Gasteiger partial charge on any atom is 0.277 e. The Morgan fingerprint density at radius 2 is 1.94 bits per heavy atom. The van der Waals surface area contributed by atoms with Gasteiger partial charge in [-0.05, 0) is 37.1 Å². The molecular weight excluding hydrogens is 473 g/mol. The molecule has 2 N–H and O–H groups in total. The fourth-order valence-corrected chi connectivity index (χ4v) is 4.75. The Hall–Kier alpha value is -2.63. The van der Waals surface area contributed by atoms with Crippen LogP contribution in [-0.4, -0.2) is 53.8 Å². The second-order valence-electron chi connectivity index (χ2n) is 9.15. The van der Waals surface area contributed by atoms with Crippen molar-refractivity contribution in [2.75, 3.05) is 31.0 Å². The molecule has 188 valence electrons. The number of rotatable bonds is 10. The molecule has 0 aliphatic heterocycles. The van der Waals surface area contributed by atoms with Gasteiger partial charge in [0.2, 0.25) is 0 Å². The highest BCUT2D eigenvalue weighted by atomic mass is 32.3. The van der Waals surface area contributed by atoms with Crippen LogP contribution in [0, 0.1) is 11.6 Å². The highest BCUT2D eigenvalue weighted by molar-refractivity contribution is 8.29. The molecule has 0 aliphatic carbocycles. The number of imidazole rings is 1. The number of aryl methyl sites for hydroxylation is 1. The Bertz CT molecular complexity index is 1230. The van der Waals surface area contributed by atoms with Gasteiger partial charge in [0.15, 0.2) is 5.82 Å². The highest BCUT2D eigenvalue weighted by Crippen LogP contribution is 2.55. The Morgan fingerprint density at radius 3 is 2.60 bits per heavy atom. The largest absolute Gasteiger partial charge is 0.350 e. The smallest absolute Gasteiger partial charge is 0.277 e. The van der Waals surface area contributed by atoms with Gasteiger partial charge in [0, 0.05) is 11.8 Å². The summed E-state index contributed by atoms with van der Waals surface area (Å²) in [6.07, 6.45) is 6.59. The van der Waals surface area contributed by atoms with Crippen molar-refractivity contribution in [2.45, 2.75) is 31.9 Å². The van der Waals surface area contributed by atoms with Crippen molar-refractivity contribution < 1.29 is 22.6 Å². The predicted molar refractivity (Wildman–Crippen MR) is 139 cm³/mol. The Labute approximate surface area is 207 Å².